The molecule has 0 aliphatic carbocycles. The molecule has 0 aromatic heterocycles. The average Bonchev–Trinajstić information content (AvgIpc) is 2.86. The Labute approximate surface area is 256 Å². The van der Waals surface area contributed by atoms with E-state index in [4.69, 9.17) is 27.9 Å². The van der Waals surface area contributed by atoms with E-state index in [9.17, 15) is 22.9 Å². The first-order valence-electron chi connectivity index (χ1n) is 11.1. The summed E-state index contributed by atoms with van der Waals surface area (Å²) in [5, 5.41) is 25.0. The number of amides is 1. The van der Waals surface area contributed by atoms with Crippen LogP contribution in [0, 0.1) is 0 Å². The van der Waals surface area contributed by atoms with Crippen LogP contribution in [0.5, 0.6) is 11.5 Å². The normalized spacial score (nSPS) is 11.4. The number of ether oxygens (including phenoxy) is 1. The number of fused-ring (bicyclic) bond motifs is 1. The number of nitrogens with one attached hydrogen (secondary N) is 1. The number of methoxy groups -OCH3 is 1. The van der Waals surface area contributed by atoms with Crippen LogP contribution in [0.2, 0.25) is 10.0 Å². The van der Waals surface area contributed by atoms with Gasteiger partial charge < -0.3 is 15.2 Å². The predicted octanol–water partition coefficient (Wildman–Crippen LogP) is 3.71. The van der Waals surface area contributed by atoms with Crippen molar-refractivity contribution in [1.82, 2.24) is 0 Å². The van der Waals surface area contributed by atoms with E-state index in [-0.39, 0.29) is 51.5 Å². The Kier molecular flexibility index (Phi) is 10.0. The summed E-state index contributed by atoms with van der Waals surface area (Å²) in [5.74, 6) is -1.07. The molecule has 1 amide bonds. The third kappa shape index (κ3) is 6.72. The van der Waals surface area contributed by atoms with Crippen LogP contribution in [0.1, 0.15) is 22.8 Å². The molecule has 9 nitrogen and oxygen atoms in total. The van der Waals surface area contributed by atoms with Gasteiger partial charge in [-0.05, 0) is 41.6 Å². The number of hydrogen-bond donors (Lipinski definition) is 2. The van der Waals surface area contributed by atoms with Gasteiger partial charge in [0.05, 0.1) is 17.8 Å². The molecule has 196 valence electrons. The van der Waals surface area contributed by atoms with Crippen LogP contribution in [0.3, 0.4) is 0 Å². The Morgan fingerprint density at radius 3 is 2.46 bits per heavy atom. The molecule has 0 radical (unpaired) electrons. The van der Waals surface area contributed by atoms with Crippen LogP contribution < -0.4 is 44.7 Å². The molecule has 0 aliphatic heterocycles. The number of azo groups is 1. The number of halogens is 2. The minimum Gasteiger partial charge on any atom is -0.870 e. The zero-order valence-corrected chi connectivity index (χ0v) is 25.4. The summed E-state index contributed by atoms with van der Waals surface area (Å²) < 4.78 is 39.0. The Hall–Kier alpha value is -2.70. The zero-order chi connectivity index (χ0) is 27.6. The third-order valence-electron chi connectivity index (χ3n) is 5.64. The molecule has 0 spiro atoms. The van der Waals surface area contributed by atoms with E-state index in [1.807, 2.05) is 0 Å². The Morgan fingerprint density at radius 2 is 1.79 bits per heavy atom. The number of nitrogens with zero attached hydrogens (tertiary/aromatic N) is 2. The summed E-state index contributed by atoms with van der Waals surface area (Å²) >= 11 is 12.3. The molecular weight excluding hydrogens is 576 g/mol. The van der Waals surface area contributed by atoms with Crippen LogP contribution in [-0.2, 0) is 16.5 Å². The van der Waals surface area contributed by atoms with Gasteiger partial charge in [-0.3, -0.25) is 9.35 Å². The molecule has 0 fully saturated rings. The molecule has 0 bridgehead atoms. The van der Waals surface area contributed by atoms with E-state index in [0.29, 0.717) is 39.2 Å². The minimum atomic E-state index is -4.77. The number of hydrogen-bond acceptors (Lipinski definition) is 7. The van der Waals surface area contributed by atoms with E-state index >= 15 is 0 Å². The second-order valence-corrected chi connectivity index (χ2v) is 10.2. The van der Waals surface area contributed by atoms with Crippen LogP contribution in [0.15, 0.2) is 75.8 Å². The smallest absolute Gasteiger partial charge is 0.870 e. The van der Waals surface area contributed by atoms with Crippen molar-refractivity contribution in [3.8, 4) is 11.5 Å². The van der Waals surface area contributed by atoms with E-state index in [1.54, 1.807) is 43.3 Å². The zero-order valence-electron chi connectivity index (χ0n) is 21.0. The average molecular weight is 596 g/mol. The Bertz CT molecular complexity index is 1710. The Balaban J connectivity index is 0.00000420. The summed E-state index contributed by atoms with van der Waals surface area (Å²) in [7, 11) is -3.32. The summed E-state index contributed by atoms with van der Waals surface area (Å²) in [4.78, 5) is 12.5. The van der Waals surface area contributed by atoms with Gasteiger partial charge >= 0.3 is 29.6 Å². The molecular formula is C26H20Cl2N3NaO6S. The molecule has 39 heavy (non-hydrogen) atoms. The van der Waals surface area contributed by atoms with Gasteiger partial charge in [0.2, 0.25) is 0 Å². The predicted molar refractivity (Wildman–Crippen MR) is 144 cm³/mol. The van der Waals surface area contributed by atoms with Gasteiger partial charge in [0.1, 0.15) is 16.3 Å². The SMILES string of the molecule is CCc1ccc(N=Nc2c([O-])c(C(=O)Nc3cc(Cl)cc(OC)c3)cc3ccccc23)c(S(=O)(=O)O)c1Cl.[Na+]. The molecule has 0 unspecified atom stereocenters. The molecule has 4 rings (SSSR count). The standard InChI is InChI=1S/C26H21Cl2N3O6S.Na/c1-3-14-8-9-21(25(22(14)28)38(34,35)36)30-31-23-19-7-5-4-6-15(19)10-20(24(23)32)26(33)29-17-11-16(27)12-18(13-17)37-2;/h4-13,32H,3H2,1-2H3,(H,29,33)(H,34,35,36);/q;+1/p-1. The maximum atomic E-state index is 13.4. The summed E-state index contributed by atoms with van der Waals surface area (Å²) in [5.41, 5.74) is 0.0852. The van der Waals surface area contributed by atoms with Gasteiger partial charge in [0.25, 0.3) is 16.0 Å². The number of rotatable bonds is 7. The molecule has 0 atom stereocenters. The van der Waals surface area contributed by atoms with Crippen LogP contribution in [-0.4, -0.2) is 26.0 Å². The first-order chi connectivity index (χ1) is 18.0. The summed E-state index contributed by atoms with van der Waals surface area (Å²) in [6.45, 7) is 1.77. The number of benzene rings is 4. The number of aryl methyl sites for hydroxylation is 1. The quantitative estimate of drug-likeness (QED) is 0.189. The summed E-state index contributed by atoms with van der Waals surface area (Å²) in [6.07, 6.45) is 0.407. The number of carbonyl (C=O) groups is 1. The molecule has 2 N–H and O–H groups in total. The second kappa shape index (κ2) is 12.6. The van der Waals surface area contributed by atoms with E-state index < -0.39 is 26.7 Å². The number of anilines is 1. The maximum Gasteiger partial charge on any atom is 1.00 e. The van der Waals surface area contributed by atoms with Crippen LogP contribution in [0.4, 0.5) is 17.1 Å². The van der Waals surface area contributed by atoms with Crippen LogP contribution in [0.25, 0.3) is 10.8 Å². The maximum absolute atomic E-state index is 13.4. The molecule has 4 aromatic rings. The Morgan fingerprint density at radius 1 is 1.08 bits per heavy atom. The fourth-order valence-corrected chi connectivity index (χ4v) is 5.36. The van der Waals surface area contributed by atoms with Gasteiger partial charge in [-0.2, -0.15) is 13.5 Å². The molecule has 0 heterocycles. The first-order valence-corrected chi connectivity index (χ1v) is 13.3. The fourth-order valence-electron chi connectivity index (χ4n) is 3.82. The monoisotopic (exact) mass is 595 g/mol. The molecule has 13 heteroatoms. The minimum absolute atomic E-state index is 0. The van der Waals surface area contributed by atoms with Crippen molar-refractivity contribution < 1.29 is 57.2 Å². The van der Waals surface area contributed by atoms with Crippen molar-refractivity contribution >= 4 is 67.1 Å². The fraction of sp³-hybridized carbons (Fsp3) is 0.115. The second-order valence-electron chi connectivity index (χ2n) is 8.07. The largest absolute Gasteiger partial charge is 1.00 e. The topological polar surface area (TPSA) is 140 Å². The number of carbonyl (C=O) groups excluding carboxylic acids is 1. The van der Waals surface area contributed by atoms with Crippen LogP contribution >= 0.6 is 23.2 Å². The van der Waals surface area contributed by atoms with Crippen molar-refractivity contribution in [3.63, 3.8) is 0 Å². The summed E-state index contributed by atoms with van der Waals surface area (Å²) in [6, 6.07) is 15.6. The van der Waals surface area contributed by atoms with Crippen molar-refractivity contribution in [2.24, 2.45) is 10.2 Å². The van der Waals surface area contributed by atoms with Gasteiger partial charge in [-0.15, -0.1) is 5.11 Å². The molecule has 0 aliphatic rings. The first kappa shape index (κ1) is 30.8. The van der Waals surface area contributed by atoms with Crippen molar-refractivity contribution in [2.75, 3.05) is 12.4 Å². The van der Waals surface area contributed by atoms with E-state index in [0.717, 1.165) is 0 Å². The third-order valence-corrected chi connectivity index (χ3v) is 7.33. The molecule has 4 aromatic carbocycles. The van der Waals surface area contributed by atoms with Crippen molar-refractivity contribution in [2.45, 2.75) is 18.2 Å². The van der Waals surface area contributed by atoms with Gasteiger partial charge in [-0.25, -0.2) is 0 Å². The van der Waals surface area contributed by atoms with Gasteiger partial charge in [0.15, 0.2) is 0 Å². The van der Waals surface area contributed by atoms with Gasteiger partial charge in [0, 0.05) is 27.7 Å². The van der Waals surface area contributed by atoms with E-state index in [1.165, 1.54) is 31.4 Å². The molecule has 0 saturated carbocycles. The van der Waals surface area contributed by atoms with Crippen molar-refractivity contribution in [1.29, 1.82) is 0 Å². The molecule has 0 saturated heterocycles. The van der Waals surface area contributed by atoms with Crippen molar-refractivity contribution in [3.05, 3.63) is 81.8 Å². The van der Waals surface area contributed by atoms with Gasteiger partial charge in [-0.1, -0.05) is 66.2 Å². The van der Waals surface area contributed by atoms with E-state index in [2.05, 4.69) is 15.5 Å².